The van der Waals surface area contributed by atoms with Gasteiger partial charge in [0, 0.05) is 15.5 Å². The van der Waals surface area contributed by atoms with Crippen molar-refractivity contribution in [1.29, 1.82) is 0 Å². The highest BCUT2D eigenvalue weighted by Gasteiger charge is 2.09. The van der Waals surface area contributed by atoms with Gasteiger partial charge >= 0.3 is 0 Å². The number of sulfone groups is 1. The van der Waals surface area contributed by atoms with Crippen LogP contribution in [0.25, 0.3) is 6.08 Å². The average molecular weight is 313 g/mol. The van der Waals surface area contributed by atoms with Gasteiger partial charge in [-0.15, -0.1) is 0 Å². The number of hydrogen-bond donors (Lipinski definition) is 0. The first kappa shape index (κ1) is 14.1. The molecule has 0 N–H and O–H groups in total. The van der Waals surface area contributed by atoms with Crippen molar-refractivity contribution in [2.24, 2.45) is 0 Å². The van der Waals surface area contributed by atoms with Crippen LogP contribution in [0.4, 0.5) is 0 Å². The van der Waals surface area contributed by atoms with Crippen molar-refractivity contribution in [2.75, 3.05) is 0 Å². The highest BCUT2D eigenvalue weighted by molar-refractivity contribution is 7.94. The van der Waals surface area contributed by atoms with Crippen molar-refractivity contribution < 1.29 is 8.42 Å². The maximum atomic E-state index is 12.0. The zero-order valence-electron chi connectivity index (χ0n) is 9.75. The van der Waals surface area contributed by atoms with Crippen LogP contribution < -0.4 is 0 Å². The van der Waals surface area contributed by atoms with Gasteiger partial charge in [-0.1, -0.05) is 35.3 Å². The van der Waals surface area contributed by atoms with Gasteiger partial charge in [0.2, 0.25) is 0 Å². The predicted molar refractivity (Wildman–Crippen MR) is 79.1 cm³/mol. The molecule has 0 saturated heterocycles. The molecule has 0 aromatic heterocycles. The quantitative estimate of drug-likeness (QED) is 0.839. The number of benzene rings is 2. The first-order valence-corrected chi connectivity index (χ1v) is 7.72. The predicted octanol–water partition coefficient (Wildman–Crippen LogP) is 4.44. The number of hydrogen-bond acceptors (Lipinski definition) is 2. The highest BCUT2D eigenvalue weighted by Crippen LogP contribution is 2.17. The molecular weight excluding hydrogens is 303 g/mol. The Balaban J connectivity index is 2.26. The molecule has 0 heterocycles. The Kier molecular flexibility index (Phi) is 4.30. The second kappa shape index (κ2) is 5.78. The molecule has 2 aromatic carbocycles. The minimum absolute atomic E-state index is 0.210. The average Bonchev–Trinajstić information content (AvgIpc) is 2.39. The Morgan fingerprint density at radius 3 is 1.79 bits per heavy atom. The van der Waals surface area contributed by atoms with Gasteiger partial charge in [-0.3, -0.25) is 0 Å². The zero-order valence-corrected chi connectivity index (χ0v) is 12.1. The fourth-order valence-electron chi connectivity index (χ4n) is 1.44. The maximum absolute atomic E-state index is 12.0. The summed E-state index contributed by atoms with van der Waals surface area (Å²) in [6, 6.07) is 12.9. The van der Waals surface area contributed by atoms with Gasteiger partial charge in [-0.2, -0.15) is 0 Å². The molecule has 19 heavy (non-hydrogen) atoms. The lowest BCUT2D eigenvalue weighted by Crippen LogP contribution is -1.95. The smallest absolute Gasteiger partial charge is 0.199 e. The molecule has 2 nitrogen and oxygen atoms in total. The summed E-state index contributed by atoms with van der Waals surface area (Å²) in [4.78, 5) is 0.210. The molecule has 2 rings (SSSR count). The molecule has 0 bridgehead atoms. The fourth-order valence-corrected chi connectivity index (χ4v) is 2.71. The third-order valence-electron chi connectivity index (χ3n) is 2.45. The van der Waals surface area contributed by atoms with Crippen LogP contribution in [0.1, 0.15) is 5.56 Å². The summed E-state index contributed by atoms with van der Waals surface area (Å²) in [5, 5.41) is 2.28. The van der Waals surface area contributed by atoms with Gasteiger partial charge in [0.1, 0.15) is 0 Å². The Morgan fingerprint density at radius 1 is 0.789 bits per heavy atom. The van der Waals surface area contributed by atoms with Crippen LogP contribution in [0.3, 0.4) is 0 Å². The van der Waals surface area contributed by atoms with E-state index in [1.165, 1.54) is 23.6 Å². The molecule has 5 heteroatoms. The van der Waals surface area contributed by atoms with Gasteiger partial charge in [-0.05, 0) is 48.0 Å². The normalized spacial score (nSPS) is 11.9. The molecule has 2 aromatic rings. The van der Waals surface area contributed by atoms with Crippen LogP contribution in [0, 0.1) is 0 Å². The van der Waals surface area contributed by atoms with Crippen LogP contribution in [-0.4, -0.2) is 8.42 Å². The van der Waals surface area contributed by atoms with Gasteiger partial charge in [0.05, 0.1) is 4.90 Å². The lowest BCUT2D eigenvalue weighted by Gasteiger charge is -1.99. The molecule has 0 fully saturated rings. The summed E-state index contributed by atoms with van der Waals surface area (Å²) in [5.41, 5.74) is 0.766. The minimum atomic E-state index is -3.46. The molecule has 0 aliphatic rings. The van der Waals surface area contributed by atoms with Crippen molar-refractivity contribution in [3.8, 4) is 0 Å². The third kappa shape index (κ3) is 3.83. The second-order valence-electron chi connectivity index (χ2n) is 3.85. The van der Waals surface area contributed by atoms with Crippen LogP contribution in [-0.2, 0) is 9.84 Å². The summed E-state index contributed by atoms with van der Waals surface area (Å²) in [7, 11) is -3.46. The molecule has 0 spiro atoms. The van der Waals surface area contributed by atoms with Crippen LogP contribution in [0.2, 0.25) is 10.0 Å². The lowest BCUT2D eigenvalue weighted by molar-refractivity contribution is 0.605. The van der Waals surface area contributed by atoms with Crippen molar-refractivity contribution in [2.45, 2.75) is 4.90 Å². The zero-order chi connectivity index (χ0) is 13.9. The topological polar surface area (TPSA) is 34.1 Å². The van der Waals surface area contributed by atoms with E-state index in [9.17, 15) is 8.42 Å². The largest absolute Gasteiger partial charge is 0.219 e. The van der Waals surface area contributed by atoms with Crippen molar-refractivity contribution in [3.05, 3.63) is 69.5 Å². The first-order valence-electron chi connectivity index (χ1n) is 5.42. The third-order valence-corrected chi connectivity index (χ3v) is 4.38. The molecule has 0 unspecified atom stereocenters. The molecular formula is C14H10Cl2O2S. The van der Waals surface area contributed by atoms with Gasteiger partial charge < -0.3 is 0 Å². The van der Waals surface area contributed by atoms with Gasteiger partial charge in [-0.25, -0.2) is 8.42 Å². The maximum Gasteiger partial charge on any atom is 0.199 e. The Morgan fingerprint density at radius 2 is 1.26 bits per heavy atom. The van der Waals surface area contributed by atoms with Crippen molar-refractivity contribution in [1.82, 2.24) is 0 Å². The van der Waals surface area contributed by atoms with E-state index in [0.717, 1.165) is 5.56 Å². The molecule has 0 amide bonds. The lowest BCUT2D eigenvalue weighted by atomic mass is 10.2. The standard InChI is InChI=1S/C14H10Cl2O2S/c15-12-3-1-11(2-4-12)9-10-19(17,18)14-7-5-13(16)6-8-14/h1-10H. The first-order chi connectivity index (χ1) is 8.97. The van der Waals surface area contributed by atoms with E-state index < -0.39 is 9.84 Å². The molecule has 0 aliphatic carbocycles. The summed E-state index contributed by atoms with van der Waals surface area (Å²) in [6.07, 6.45) is 1.53. The summed E-state index contributed by atoms with van der Waals surface area (Å²) >= 11 is 11.5. The van der Waals surface area contributed by atoms with E-state index in [1.807, 2.05) is 0 Å². The molecule has 0 aliphatic heterocycles. The fraction of sp³-hybridized carbons (Fsp3) is 0. The minimum Gasteiger partial charge on any atom is -0.219 e. The van der Waals surface area contributed by atoms with Gasteiger partial charge in [0.25, 0.3) is 0 Å². The Bertz CT molecular complexity index is 687. The monoisotopic (exact) mass is 312 g/mol. The molecule has 0 atom stereocenters. The van der Waals surface area contributed by atoms with E-state index in [2.05, 4.69) is 0 Å². The summed E-state index contributed by atoms with van der Waals surface area (Å²) in [6.45, 7) is 0. The molecule has 0 radical (unpaired) electrons. The molecule has 98 valence electrons. The van der Waals surface area contributed by atoms with Crippen LogP contribution in [0.15, 0.2) is 58.8 Å². The summed E-state index contributed by atoms with van der Waals surface area (Å²) in [5.74, 6) is 0. The Hall–Kier alpha value is -1.29. The number of halogens is 2. The highest BCUT2D eigenvalue weighted by atomic mass is 35.5. The van der Waals surface area contributed by atoms with E-state index in [1.54, 1.807) is 36.4 Å². The summed E-state index contributed by atoms with van der Waals surface area (Å²) < 4.78 is 24.1. The van der Waals surface area contributed by atoms with E-state index >= 15 is 0 Å². The van der Waals surface area contributed by atoms with Crippen LogP contribution in [0.5, 0.6) is 0 Å². The SMILES string of the molecule is O=S(=O)(C=Cc1ccc(Cl)cc1)c1ccc(Cl)cc1. The van der Waals surface area contributed by atoms with E-state index in [-0.39, 0.29) is 4.90 Å². The van der Waals surface area contributed by atoms with E-state index in [0.29, 0.717) is 10.0 Å². The second-order valence-corrected chi connectivity index (χ2v) is 6.56. The number of rotatable bonds is 3. The van der Waals surface area contributed by atoms with E-state index in [4.69, 9.17) is 23.2 Å². The van der Waals surface area contributed by atoms with Gasteiger partial charge in [0.15, 0.2) is 9.84 Å². The Labute approximate surface area is 122 Å². The van der Waals surface area contributed by atoms with Crippen molar-refractivity contribution >= 4 is 39.1 Å². The van der Waals surface area contributed by atoms with Crippen molar-refractivity contribution in [3.63, 3.8) is 0 Å². The molecule has 0 saturated carbocycles. The van der Waals surface area contributed by atoms with Crippen LogP contribution >= 0.6 is 23.2 Å².